The molecule has 0 amide bonds. The highest BCUT2D eigenvalue weighted by atomic mass is 35.5. The lowest BCUT2D eigenvalue weighted by molar-refractivity contribution is -0.139. The summed E-state index contributed by atoms with van der Waals surface area (Å²) in [6, 6.07) is 16.0. The molecule has 0 fully saturated rings. The maximum Gasteiger partial charge on any atom is 0.338 e. The number of rotatable bonds is 6. The molecular weight excluding hydrogens is 555 g/mol. The number of halogens is 2. The number of hydrogen-bond donors (Lipinski definition) is 0. The van der Waals surface area contributed by atoms with Crippen LogP contribution in [0.15, 0.2) is 80.1 Å². The van der Waals surface area contributed by atoms with Crippen LogP contribution in [0.25, 0.3) is 17.4 Å². The van der Waals surface area contributed by atoms with Crippen LogP contribution in [-0.2, 0) is 9.53 Å². The number of aromatic nitrogens is 1. The van der Waals surface area contributed by atoms with Crippen LogP contribution in [0.2, 0.25) is 10.0 Å². The highest BCUT2D eigenvalue weighted by Crippen LogP contribution is 2.33. The van der Waals surface area contributed by atoms with Gasteiger partial charge >= 0.3 is 5.97 Å². The Morgan fingerprint density at radius 1 is 1.15 bits per heavy atom. The van der Waals surface area contributed by atoms with Gasteiger partial charge < -0.3 is 9.15 Å². The van der Waals surface area contributed by atoms with E-state index in [9.17, 15) is 9.59 Å². The standard InChI is InChI=1S/C30H26Cl2N2O4S/c1-5-37-29(36)26-17(4)33-30-34(27(26)19-8-6-18(7-9-19)16(2)3)28(35)25(39-30)15-21-11-13-24(38-21)22-14-20(31)10-12-23(22)32/h6-16,27H,5H2,1-4H3/b25-15-/t27-/m1/s1. The second kappa shape index (κ2) is 11.0. The molecule has 3 heterocycles. The summed E-state index contributed by atoms with van der Waals surface area (Å²) in [5.41, 5.74) is 3.23. The number of allylic oxidation sites excluding steroid dienone is 1. The van der Waals surface area contributed by atoms with Crippen molar-refractivity contribution in [3.63, 3.8) is 0 Å². The summed E-state index contributed by atoms with van der Waals surface area (Å²) < 4.78 is 13.4. The van der Waals surface area contributed by atoms with Crippen molar-refractivity contribution in [2.75, 3.05) is 6.61 Å². The van der Waals surface area contributed by atoms with Gasteiger partial charge in [-0.25, -0.2) is 9.79 Å². The number of esters is 1. The number of thiazole rings is 1. The molecule has 0 unspecified atom stereocenters. The second-order valence-corrected chi connectivity index (χ2v) is 11.3. The summed E-state index contributed by atoms with van der Waals surface area (Å²) in [5.74, 6) is 0.874. The van der Waals surface area contributed by atoms with Crippen molar-refractivity contribution < 1.29 is 13.9 Å². The average Bonchev–Trinajstić information content (AvgIpc) is 3.49. The van der Waals surface area contributed by atoms with E-state index in [0.29, 0.717) is 53.7 Å². The molecule has 0 radical (unpaired) electrons. The first-order valence-corrected chi connectivity index (χ1v) is 14.1. The lowest BCUT2D eigenvalue weighted by atomic mass is 9.93. The van der Waals surface area contributed by atoms with Gasteiger partial charge in [0, 0.05) is 16.7 Å². The maximum absolute atomic E-state index is 13.8. The molecule has 39 heavy (non-hydrogen) atoms. The number of fused-ring (bicyclic) bond motifs is 1. The fourth-order valence-corrected chi connectivity index (χ4v) is 5.97. The fourth-order valence-electron chi connectivity index (χ4n) is 4.56. The number of hydrogen-bond acceptors (Lipinski definition) is 6. The largest absolute Gasteiger partial charge is 0.463 e. The molecule has 1 aliphatic rings. The molecule has 0 saturated heterocycles. The monoisotopic (exact) mass is 580 g/mol. The molecule has 0 aliphatic carbocycles. The molecular formula is C30H26Cl2N2O4S. The van der Waals surface area contributed by atoms with Gasteiger partial charge in [0.15, 0.2) is 4.80 Å². The number of nitrogens with zero attached hydrogens (tertiary/aromatic N) is 2. The van der Waals surface area contributed by atoms with Crippen LogP contribution in [0.4, 0.5) is 0 Å². The third kappa shape index (κ3) is 5.26. The zero-order valence-corrected chi connectivity index (χ0v) is 24.2. The van der Waals surface area contributed by atoms with Crippen LogP contribution in [0.5, 0.6) is 0 Å². The Morgan fingerprint density at radius 2 is 1.90 bits per heavy atom. The van der Waals surface area contributed by atoms with E-state index in [1.54, 1.807) is 54.8 Å². The van der Waals surface area contributed by atoms with Crippen LogP contribution in [0, 0.1) is 0 Å². The van der Waals surface area contributed by atoms with Gasteiger partial charge in [0.1, 0.15) is 11.5 Å². The van der Waals surface area contributed by atoms with Crippen molar-refractivity contribution in [1.29, 1.82) is 0 Å². The molecule has 1 aliphatic heterocycles. The predicted molar refractivity (Wildman–Crippen MR) is 155 cm³/mol. The van der Waals surface area contributed by atoms with E-state index >= 15 is 0 Å². The minimum absolute atomic E-state index is 0.219. The molecule has 5 rings (SSSR count). The molecule has 200 valence electrons. The fraction of sp³-hybridized carbons (Fsp3) is 0.233. The first-order chi connectivity index (χ1) is 18.7. The van der Waals surface area contributed by atoms with Gasteiger partial charge in [0.2, 0.25) is 0 Å². The Hall–Kier alpha value is -3.39. The molecule has 0 bridgehead atoms. The molecule has 0 N–H and O–H groups in total. The van der Waals surface area contributed by atoms with E-state index in [-0.39, 0.29) is 12.2 Å². The van der Waals surface area contributed by atoms with Gasteiger partial charge in [-0.15, -0.1) is 0 Å². The van der Waals surface area contributed by atoms with Gasteiger partial charge in [-0.1, -0.05) is 72.7 Å². The first kappa shape index (κ1) is 27.2. The lowest BCUT2D eigenvalue weighted by Crippen LogP contribution is -2.39. The molecule has 1 atom stereocenters. The Morgan fingerprint density at radius 3 is 2.59 bits per heavy atom. The zero-order chi connectivity index (χ0) is 27.8. The number of ether oxygens (including phenoxy) is 1. The number of carbonyl (C=O) groups excluding carboxylic acids is 1. The van der Waals surface area contributed by atoms with Crippen molar-refractivity contribution in [2.24, 2.45) is 4.99 Å². The summed E-state index contributed by atoms with van der Waals surface area (Å²) >= 11 is 13.7. The summed E-state index contributed by atoms with van der Waals surface area (Å²) in [7, 11) is 0. The van der Waals surface area contributed by atoms with E-state index in [1.807, 2.05) is 24.3 Å². The van der Waals surface area contributed by atoms with Crippen molar-refractivity contribution in [1.82, 2.24) is 4.57 Å². The molecule has 0 saturated carbocycles. The van der Waals surface area contributed by atoms with Crippen LogP contribution in [0.3, 0.4) is 0 Å². The predicted octanol–water partition coefficient (Wildman–Crippen LogP) is 6.49. The van der Waals surface area contributed by atoms with E-state index in [0.717, 1.165) is 11.1 Å². The molecule has 4 aromatic rings. The minimum Gasteiger partial charge on any atom is -0.463 e. The SMILES string of the molecule is CCOC(=O)C1=C(C)N=c2s/c(=C\c3ccc(-c4cc(Cl)ccc4Cl)o3)c(=O)n2[C@@H]1c1ccc(C(C)C)cc1. The van der Waals surface area contributed by atoms with Crippen LogP contribution in [-0.4, -0.2) is 17.1 Å². The van der Waals surface area contributed by atoms with Crippen molar-refractivity contribution in [2.45, 2.75) is 39.7 Å². The Bertz CT molecular complexity index is 1780. The van der Waals surface area contributed by atoms with Gasteiger partial charge in [-0.3, -0.25) is 9.36 Å². The van der Waals surface area contributed by atoms with Gasteiger partial charge in [-0.2, -0.15) is 0 Å². The third-order valence-electron chi connectivity index (χ3n) is 6.53. The van der Waals surface area contributed by atoms with Crippen LogP contribution < -0.4 is 14.9 Å². The van der Waals surface area contributed by atoms with Crippen LogP contribution in [0.1, 0.15) is 56.5 Å². The van der Waals surface area contributed by atoms with Crippen molar-refractivity contribution in [3.05, 3.63) is 112 Å². The minimum atomic E-state index is -0.666. The summed E-state index contributed by atoms with van der Waals surface area (Å²) in [6.45, 7) is 7.98. The topological polar surface area (TPSA) is 73.8 Å². The maximum atomic E-state index is 13.8. The number of furan rings is 1. The average molecular weight is 582 g/mol. The molecule has 9 heteroatoms. The third-order valence-corrected chi connectivity index (χ3v) is 8.08. The van der Waals surface area contributed by atoms with Crippen molar-refractivity contribution in [3.8, 4) is 11.3 Å². The number of carbonyl (C=O) groups is 1. The zero-order valence-electron chi connectivity index (χ0n) is 21.8. The number of benzene rings is 2. The molecule has 2 aromatic carbocycles. The van der Waals surface area contributed by atoms with Crippen LogP contribution >= 0.6 is 34.5 Å². The van der Waals surface area contributed by atoms with Gasteiger partial charge in [0.25, 0.3) is 5.56 Å². The summed E-state index contributed by atoms with van der Waals surface area (Å²) in [5, 5.41) is 1.04. The second-order valence-electron chi connectivity index (χ2n) is 9.45. The smallest absolute Gasteiger partial charge is 0.338 e. The van der Waals surface area contributed by atoms with E-state index in [1.165, 1.54) is 11.3 Å². The normalized spacial score (nSPS) is 15.5. The quantitative estimate of drug-likeness (QED) is 0.244. The Balaban J connectivity index is 1.63. The lowest BCUT2D eigenvalue weighted by Gasteiger charge is -2.25. The van der Waals surface area contributed by atoms with E-state index in [4.69, 9.17) is 32.4 Å². The summed E-state index contributed by atoms with van der Waals surface area (Å²) in [6.07, 6.45) is 1.67. The van der Waals surface area contributed by atoms with Gasteiger partial charge in [-0.05, 0) is 61.2 Å². The molecule has 2 aromatic heterocycles. The first-order valence-electron chi connectivity index (χ1n) is 12.5. The molecule has 0 spiro atoms. The van der Waals surface area contributed by atoms with Gasteiger partial charge in [0.05, 0.1) is 33.5 Å². The highest BCUT2D eigenvalue weighted by Gasteiger charge is 2.33. The highest BCUT2D eigenvalue weighted by molar-refractivity contribution is 7.07. The van der Waals surface area contributed by atoms with E-state index in [2.05, 4.69) is 18.8 Å². The summed E-state index contributed by atoms with van der Waals surface area (Å²) in [4.78, 5) is 32.0. The Labute approximate surface area is 239 Å². The van der Waals surface area contributed by atoms with E-state index < -0.39 is 12.0 Å². The Kier molecular flexibility index (Phi) is 7.67. The molecule has 6 nitrogen and oxygen atoms in total. The van der Waals surface area contributed by atoms with Crippen molar-refractivity contribution >= 4 is 46.6 Å².